The summed E-state index contributed by atoms with van der Waals surface area (Å²) in [5, 5.41) is 2.98. The van der Waals surface area contributed by atoms with Crippen molar-refractivity contribution in [1.82, 2.24) is 10.2 Å². The quantitative estimate of drug-likeness (QED) is 0.839. The Morgan fingerprint density at radius 2 is 1.61 bits per heavy atom. The first-order chi connectivity index (χ1) is 10.5. The largest absolute Gasteiger partial charge is 0.416 e. The fourth-order valence-corrected chi connectivity index (χ4v) is 2.42. The number of nitrogens with zero attached hydrogens (tertiary/aromatic N) is 1. The normalized spacial score (nSPS) is 19.0. The Morgan fingerprint density at radius 1 is 1.09 bits per heavy atom. The van der Waals surface area contributed by atoms with E-state index in [9.17, 15) is 31.1 Å². The highest BCUT2D eigenvalue weighted by atomic mass is 19.4. The number of rotatable bonds is 2. The lowest BCUT2D eigenvalue weighted by Crippen LogP contribution is -2.38. The maximum absolute atomic E-state index is 12.8. The Bertz CT molecular complexity index is 558. The van der Waals surface area contributed by atoms with Gasteiger partial charge in [0, 0.05) is 25.2 Å². The summed E-state index contributed by atoms with van der Waals surface area (Å²) in [7, 11) is 1.37. The lowest BCUT2D eigenvalue weighted by atomic mass is 10.0. The minimum Gasteiger partial charge on any atom is -0.337 e. The molecule has 1 unspecified atom stereocenters. The van der Waals surface area contributed by atoms with Gasteiger partial charge < -0.3 is 10.2 Å². The summed E-state index contributed by atoms with van der Waals surface area (Å²) >= 11 is 0. The van der Waals surface area contributed by atoms with E-state index < -0.39 is 35.0 Å². The second kappa shape index (κ2) is 6.03. The van der Waals surface area contributed by atoms with E-state index in [0.29, 0.717) is 31.6 Å². The van der Waals surface area contributed by atoms with E-state index in [1.54, 1.807) is 0 Å². The van der Waals surface area contributed by atoms with Gasteiger partial charge in [-0.3, -0.25) is 4.79 Å². The van der Waals surface area contributed by atoms with Crippen LogP contribution < -0.4 is 5.32 Å². The zero-order valence-corrected chi connectivity index (χ0v) is 12.1. The molecule has 1 aliphatic rings. The molecule has 0 radical (unpaired) electrons. The van der Waals surface area contributed by atoms with Crippen molar-refractivity contribution >= 4 is 5.91 Å². The summed E-state index contributed by atoms with van der Waals surface area (Å²) in [5.74, 6) is -0.865. The van der Waals surface area contributed by atoms with E-state index in [-0.39, 0.29) is 12.1 Å². The highest BCUT2D eigenvalue weighted by Crippen LogP contribution is 2.36. The molecule has 0 saturated carbocycles. The first-order valence-corrected chi connectivity index (χ1v) is 6.77. The number of halogens is 6. The monoisotopic (exact) mass is 340 g/mol. The standard InChI is InChI=1S/C14H14F6N2O/c1-22(11-2-3-21-7-11)12(23)8-4-9(13(15,16)17)6-10(5-8)14(18,19)20/h4-6,11,21H,2-3,7H2,1H3. The molecule has 9 heteroatoms. The fourth-order valence-electron chi connectivity index (χ4n) is 2.42. The van der Waals surface area contributed by atoms with Crippen molar-refractivity contribution in [1.29, 1.82) is 0 Å². The smallest absolute Gasteiger partial charge is 0.337 e. The molecule has 1 aromatic rings. The molecule has 0 aromatic heterocycles. The number of carbonyl (C=O) groups excluding carboxylic acids is 1. The predicted molar refractivity (Wildman–Crippen MR) is 69.8 cm³/mol. The molecule has 1 aromatic carbocycles. The Kier molecular flexibility index (Phi) is 4.61. The van der Waals surface area contributed by atoms with Crippen molar-refractivity contribution in [3.05, 3.63) is 34.9 Å². The van der Waals surface area contributed by atoms with Crippen LogP contribution >= 0.6 is 0 Å². The molecule has 3 nitrogen and oxygen atoms in total. The third-order valence-electron chi connectivity index (χ3n) is 3.74. The summed E-state index contributed by atoms with van der Waals surface area (Å²) in [5.41, 5.74) is -3.61. The number of alkyl halides is 6. The highest BCUT2D eigenvalue weighted by Gasteiger charge is 2.38. The van der Waals surface area contributed by atoms with Crippen LogP contribution in [0.4, 0.5) is 26.3 Å². The van der Waals surface area contributed by atoms with E-state index in [1.807, 2.05) is 0 Å². The molecule has 2 rings (SSSR count). The lowest BCUT2D eigenvalue weighted by Gasteiger charge is -2.24. The average molecular weight is 340 g/mol. The molecule has 1 atom stereocenters. The first-order valence-electron chi connectivity index (χ1n) is 6.77. The Hall–Kier alpha value is -1.77. The molecule has 1 fully saturated rings. The van der Waals surface area contributed by atoms with Gasteiger partial charge >= 0.3 is 12.4 Å². The van der Waals surface area contributed by atoms with Crippen molar-refractivity contribution in [3.63, 3.8) is 0 Å². The van der Waals surface area contributed by atoms with Gasteiger partial charge in [-0.1, -0.05) is 0 Å². The van der Waals surface area contributed by atoms with Crippen LogP contribution in [-0.2, 0) is 12.4 Å². The molecular formula is C14H14F6N2O. The van der Waals surface area contributed by atoms with Crippen molar-refractivity contribution in [2.24, 2.45) is 0 Å². The van der Waals surface area contributed by atoms with Gasteiger partial charge in [0.05, 0.1) is 11.1 Å². The predicted octanol–water partition coefficient (Wildman–Crippen LogP) is 3.16. The van der Waals surface area contributed by atoms with Gasteiger partial charge in [0.25, 0.3) is 5.91 Å². The number of hydrogen-bond donors (Lipinski definition) is 1. The van der Waals surface area contributed by atoms with Crippen LogP contribution in [0.25, 0.3) is 0 Å². The van der Waals surface area contributed by atoms with Crippen LogP contribution in [0.3, 0.4) is 0 Å². The van der Waals surface area contributed by atoms with Crippen LogP contribution in [0.15, 0.2) is 18.2 Å². The zero-order chi connectivity index (χ0) is 17.4. The molecule has 1 N–H and O–H groups in total. The summed E-state index contributed by atoms with van der Waals surface area (Å²) in [6.45, 7) is 1.09. The maximum Gasteiger partial charge on any atom is 0.416 e. The molecular weight excluding hydrogens is 326 g/mol. The van der Waals surface area contributed by atoms with Crippen LogP contribution in [0.1, 0.15) is 27.9 Å². The van der Waals surface area contributed by atoms with E-state index in [1.165, 1.54) is 11.9 Å². The van der Waals surface area contributed by atoms with Gasteiger partial charge in [-0.2, -0.15) is 26.3 Å². The van der Waals surface area contributed by atoms with Crippen molar-refractivity contribution < 1.29 is 31.1 Å². The second-order valence-electron chi connectivity index (χ2n) is 5.36. The number of nitrogens with one attached hydrogen (secondary N) is 1. The van der Waals surface area contributed by atoms with Crippen molar-refractivity contribution in [3.8, 4) is 0 Å². The minimum atomic E-state index is -4.97. The van der Waals surface area contributed by atoms with Crippen LogP contribution in [-0.4, -0.2) is 37.0 Å². The molecule has 128 valence electrons. The fraction of sp³-hybridized carbons (Fsp3) is 0.500. The van der Waals surface area contributed by atoms with Crippen LogP contribution in [0, 0.1) is 0 Å². The topological polar surface area (TPSA) is 32.3 Å². The SMILES string of the molecule is CN(C(=O)c1cc(C(F)(F)F)cc(C(F)(F)F)c1)C1CCNC1. The van der Waals surface area contributed by atoms with Crippen LogP contribution in [0.2, 0.25) is 0 Å². The average Bonchev–Trinajstić information content (AvgIpc) is 2.97. The second-order valence-corrected chi connectivity index (χ2v) is 5.36. The van der Waals surface area contributed by atoms with Gasteiger partial charge in [-0.25, -0.2) is 0 Å². The van der Waals surface area contributed by atoms with Crippen molar-refractivity contribution in [2.45, 2.75) is 24.8 Å². The minimum absolute atomic E-state index is 0.00784. The number of likely N-dealkylation sites (N-methyl/N-ethyl adjacent to an activating group) is 1. The van der Waals surface area contributed by atoms with Gasteiger partial charge in [0.15, 0.2) is 0 Å². The third kappa shape index (κ3) is 3.95. The van der Waals surface area contributed by atoms with Gasteiger partial charge in [-0.05, 0) is 31.2 Å². The Morgan fingerprint density at radius 3 is 2.00 bits per heavy atom. The molecule has 1 heterocycles. The summed E-state index contributed by atoms with van der Waals surface area (Å²) < 4.78 is 76.8. The molecule has 23 heavy (non-hydrogen) atoms. The third-order valence-corrected chi connectivity index (χ3v) is 3.74. The Balaban J connectivity index is 2.42. The summed E-state index contributed by atoms with van der Waals surface area (Å²) in [6, 6.07) is 0.659. The number of carbonyl (C=O) groups is 1. The van der Waals surface area contributed by atoms with Gasteiger partial charge in [0.1, 0.15) is 0 Å². The molecule has 0 bridgehead atoms. The van der Waals surface area contributed by atoms with Crippen LogP contribution in [0.5, 0.6) is 0 Å². The molecule has 1 saturated heterocycles. The van der Waals surface area contributed by atoms with Gasteiger partial charge in [0.2, 0.25) is 0 Å². The maximum atomic E-state index is 12.8. The zero-order valence-electron chi connectivity index (χ0n) is 12.1. The highest BCUT2D eigenvalue weighted by molar-refractivity contribution is 5.94. The van der Waals surface area contributed by atoms with E-state index >= 15 is 0 Å². The summed E-state index contributed by atoms with van der Waals surface area (Å²) in [6.07, 6.45) is -9.35. The van der Waals surface area contributed by atoms with E-state index in [2.05, 4.69) is 5.32 Å². The number of benzene rings is 1. The molecule has 1 amide bonds. The Labute approximate surface area is 128 Å². The molecule has 0 spiro atoms. The van der Waals surface area contributed by atoms with E-state index in [0.717, 1.165) is 0 Å². The lowest BCUT2D eigenvalue weighted by molar-refractivity contribution is -0.143. The summed E-state index contributed by atoms with van der Waals surface area (Å²) in [4.78, 5) is 13.4. The molecule has 0 aliphatic carbocycles. The van der Waals surface area contributed by atoms with E-state index in [4.69, 9.17) is 0 Å². The van der Waals surface area contributed by atoms with Gasteiger partial charge in [-0.15, -0.1) is 0 Å². The first kappa shape index (κ1) is 17.6. The number of amides is 1. The number of hydrogen-bond acceptors (Lipinski definition) is 2. The molecule has 1 aliphatic heterocycles. The van der Waals surface area contributed by atoms with Crippen molar-refractivity contribution in [2.75, 3.05) is 20.1 Å².